The minimum absolute atomic E-state index is 0.0560. The molecule has 1 unspecified atom stereocenters. The minimum atomic E-state index is -0.438. The molecule has 1 aliphatic heterocycles. The van der Waals surface area contributed by atoms with Gasteiger partial charge in [-0.25, -0.2) is 0 Å². The highest BCUT2D eigenvalue weighted by Crippen LogP contribution is 2.25. The van der Waals surface area contributed by atoms with Gasteiger partial charge < -0.3 is 14.8 Å². The van der Waals surface area contributed by atoms with Gasteiger partial charge in [0.25, 0.3) is 5.91 Å². The molecule has 1 aromatic carbocycles. The fourth-order valence-electron chi connectivity index (χ4n) is 1.95. The van der Waals surface area contributed by atoms with E-state index in [-0.39, 0.29) is 11.3 Å². The molecule has 1 aromatic rings. The quantitative estimate of drug-likeness (QED) is 0.854. The molecule has 0 radical (unpaired) electrons. The van der Waals surface area contributed by atoms with E-state index >= 15 is 0 Å². The number of ether oxygens (including phenoxy) is 2. The van der Waals surface area contributed by atoms with E-state index in [2.05, 4.69) is 12.2 Å². The van der Waals surface area contributed by atoms with Crippen LogP contribution in [0.3, 0.4) is 0 Å². The van der Waals surface area contributed by atoms with Crippen molar-refractivity contribution in [2.45, 2.75) is 26.4 Å². The molecular formula is C15H21NO3. The number of hydrogen-bond donors (Lipinski definition) is 1. The van der Waals surface area contributed by atoms with Crippen molar-refractivity contribution in [3.63, 3.8) is 0 Å². The Kier molecular flexibility index (Phi) is 4.43. The number of benzene rings is 1. The Labute approximate surface area is 114 Å². The Hall–Kier alpha value is -1.55. The molecule has 1 amide bonds. The number of nitrogens with one attached hydrogen (secondary N) is 1. The number of carbonyl (C=O) groups excluding carboxylic acids is 1. The molecule has 1 fully saturated rings. The Balaban J connectivity index is 1.84. The highest BCUT2D eigenvalue weighted by atomic mass is 16.5. The van der Waals surface area contributed by atoms with E-state index in [1.807, 2.05) is 37.3 Å². The van der Waals surface area contributed by atoms with Gasteiger partial charge in [0, 0.05) is 12.0 Å². The normalized spacial score (nSPS) is 18.2. The molecule has 4 heteroatoms. The average molecular weight is 263 g/mol. The Morgan fingerprint density at radius 2 is 2.11 bits per heavy atom. The van der Waals surface area contributed by atoms with Gasteiger partial charge in [0.2, 0.25) is 0 Å². The van der Waals surface area contributed by atoms with Crippen molar-refractivity contribution < 1.29 is 14.3 Å². The molecule has 0 aromatic heterocycles. The number of rotatable bonds is 6. The summed E-state index contributed by atoms with van der Waals surface area (Å²) in [4.78, 5) is 12.1. The summed E-state index contributed by atoms with van der Waals surface area (Å²) >= 11 is 0. The van der Waals surface area contributed by atoms with E-state index in [4.69, 9.17) is 9.47 Å². The van der Waals surface area contributed by atoms with Crippen LogP contribution in [0.2, 0.25) is 0 Å². The van der Waals surface area contributed by atoms with Crippen LogP contribution in [0.1, 0.15) is 20.3 Å². The molecule has 0 bridgehead atoms. The summed E-state index contributed by atoms with van der Waals surface area (Å²) in [6, 6.07) is 9.43. The molecule has 1 aliphatic rings. The maximum absolute atomic E-state index is 12.1. The Bertz CT molecular complexity index is 415. The molecule has 0 aliphatic carbocycles. The van der Waals surface area contributed by atoms with Crippen molar-refractivity contribution in [3.05, 3.63) is 30.3 Å². The predicted octanol–water partition coefficient (Wildman–Crippen LogP) is 2.00. The van der Waals surface area contributed by atoms with Crippen LogP contribution in [0, 0.1) is 5.41 Å². The lowest BCUT2D eigenvalue weighted by molar-refractivity contribution is -0.133. The second kappa shape index (κ2) is 6.06. The van der Waals surface area contributed by atoms with Crippen molar-refractivity contribution in [2.75, 3.05) is 19.8 Å². The van der Waals surface area contributed by atoms with Crippen LogP contribution in [0.4, 0.5) is 0 Å². The molecular weight excluding hydrogens is 242 g/mol. The first kappa shape index (κ1) is 13.9. The first-order valence-corrected chi connectivity index (χ1v) is 6.70. The van der Waals surface area contributed by atoms with E-state index in [1.54, 1.807) is 0 Å². The van der Waals surface area contributed by atoms with Crippen LogP contribution in [-0.2, 0) is 9.53 Å². The van der Waals surface area contributed by atoms with Crippen molar-refractivity contribution in [3.8, 4) is 5.75 Å². The largest absolute Gasteiger partial charge is 0.481 e. The van der Waals surface area contributed by atoms with Crippen molar-refractivity contribution in [1.82, 2.24) is 5.32 Å². The lowest BCUT2D eigenvalue weighted by Gasteiger charge is -2.38. The van der Waals surface area contributed by atoms with Gasteiger partial charge >= 0.3 is 0 Å². The summed E-state index contributed by atoms with van der Waals surface area (Å²) in [5, 5.41) is 2.95. The average Bonchev–Trinajstić information content (AvgIpc) is 2.41. The first-order chi connectivity index (χ1) is 9.13. The highest BCUT2D eigenvalue weighted by molar-refractivity contribution is 5.81. The van der Waals surface area contributed by atoms with E-state index in [0.717, 1.165) is 5.75 Å². The predicted molar refractivity (Wildman–Crippen MR) is 73.1 cm³/mol. The Morgan fingerprint density at radius 3 is 2.63 bits per heavy atom. The van der Waals surface area contributed by atoms with Crippen LogP contribution in [0.25, 0.3) is 0 Å². The van der Waals surface area contributed by atoms with Crippen molar-refractivity contribution >= 4 is 5.91 Å². The monoisotopic (exact) mass is 263 g/mol. The van der Waals surface area contributed by atoms with Gasteiger partial charge in [0.05, 0.1) is 13.2 Å². The molecule has 1 saturated heterocycles. The fraction of sp³-hybridized carbons (Fsp3) is 0.533. The zero-order valence-corrected chi connectivity index (χ0v) is 11.5. The van der Waals surface area contributed by atoms with Gasteiger partial charge in [-0.3, -0.25) is 4.79 Å². The van der Waals surface area contributed by atoms with E-state index < -0.39 is 6.10 Å². The SMILES string of the molecule is CCC(Oc1ccccc1)C(=O)NCC1(C)COC1. The summed E-state index contributed by atoms with van der Waals surface area (Å²) in [5.74, 6) is 0.669. The van der Waals surface area contributed by atoms with Crippen molar-refractivity contribution in [1.29, 1.82) is 0 Å². The highest BCUT2D eigenvalue weighted by Gasteiger charge is 2.34. The van der Waals surface area contributed by atoms with Crippen LogP contribution >= 0.6 is 0 Å². The second-order valence-electron chi connectivity index (χ2n) is 5.35. The number of carbonyl (C=O) groups is 1. The second-order valence-corrected chi connectivity index (χ2v) is 5.35. The third kappa shape index (κ3) is 3.70. The summed E-state index contributed by atoms with van der Waals surface area (Å²) in [7, 11) is 0. The van der Waals surface area contributed by atoms with Gasteiger partial charge in [-0.05, 0) is 18.6 Å². The maximum Gasteiger partial charge on any atom is 0.261 e. The Morgan fingerprint density at radius 1 is 1.42 bits per heavy atom. The topological polar surface area (TPSA) is 47.6 Å². The standard InChI is InChI=1S/C15H21NO3/c1-3-13(19-12-7-5-4-6-8-12)14(17)16-9-15(2)10-18-11-15/h4-8,13H,3,9-11H2,1-2H3,(H,16,17). The van der Waals surface area contributed by atoms with E-state index in [0.29, 0.717) is 26.2 Å². The van der Waals surface area contributed by atoms with Crippen LogP contribution in [0.15, 0.2) is 30.3 Å². The number of hydrogen-bond acceptors (Lipinski definition) is 3. The summed E-state index contributed by atoms with van der Waals surface area (Å²) in [6.45, 7) is 6.12. The van der Waals surface area contributed by atoms with Crippen LogP contribution in [-0.4, -0.2) is 31.8 Å². The molecule has 1 atom stereocenters. The molecule has 0 saturated carbocycles. The zero-order chi connectivity index (χ0) is 13.7. The van der Waals surface area contributed by atoms with Crippen LogP contribution < -0.4 is 10.1 Å². The molecule has 1 N–H and O–H groups in total. The summed E-state index contributed by atoms with van der Waals surface area (Å²) < 4.78 is 10.9. The van der Waals surface area contributed by atoms with Gasteiger partial charge in [-0.15, -0.1) is 0 Å². The lowest BCUT2D eigenvalue weighted by Crippen LogP contribution is -2.50. The number of amides is 1. The molecule has 19 heavy (non-hydrogen) atoms. The van der Waals surface area contributed by atoms with Gasteiger partial charge in [0.15, 0.2) is 6.10 Å². The lowest BCUT2D eigenvalue weighted by atomic mass is 9.89. The van der Waals surface area contributed by atoms with Crippen molar-refractivity contribution in [2.24, 2.45) is 5.41 Å². The smallest absolute Gasteiger partial charge is 0.261 e. The molecule has 2 rings (SSSR count). The van der Waals surface area contributed by atoms with Gasteiger partial charge in [-0.2, -0.15) is 0 Å². The van der Waals surface area contributed by atoms with E-state index in [1.165, 1.54) is 0 Å². The van der Waals surface area contributed by atoms with Crippen LogP contribution in [0.5, 0.6) is 5.75 Å². The van der Waals surface area contributed by atoms with Gasteiger partial charge in [-0.1, -0.05) is 32.0 Å². The number of para-hydroxylation sites is 1. The molecule has 1 heterocycles. The molecule has 0 spiro atoms. The third-order valence-electron chi connectivity index (χ3n) is 3.28. The minimum Gasteiger partial charge on any atom is -0.481 e. The molecule has 4 nitrogen and oxygen atoms in total. The maximum atomic E-state index is 12.1. The first-order valence-electron chi connectivity index (χ1n) is 6.70. The molecule has 104 valence electrons. The summed E-state index contributed by atoms with van der Waals surface area (Å²) in [6.07, 6.45) is 0.209. The fourth-order valence-corrected chi connectivity index (χ4v) is 1.95. The van der Waals surface area contributed by atoms with E-state index in [9.17, 15) is 4.79 Å². The van der Waals surface area contributed by atoms with Gasteiger partial charge in [0.1, 0.15) is 5.75 Å². The summed E-state index contributed by atoms with van der Waals surface area (Å²) in [5.41, 5.74) is 0.0840. The zero-order valence-electron chi connectivity index (χ0n) is 11.5. The third-order valence-corrected chi connectivity index (χ3v) is 3.28.